The molecule has 2 heterocycles. The lowest BCUT2D eigenvalue weighted by Crippen LogP contribution is -2.27. The molecule has 1 aromatic heterocycles. The van der Waals surface area contributed by atoms with Crippen LogP contribution in [0.2, 0.25) is 0 Å². The molecule has 3 rings (SSSR count). The third-order valence-electron chi connectivity index (χ3n) is 2.88. The number of benzene rings is 1. The Hall–Kier alpha value is -1.81. The molecular formula is C12H13N3O. The van der Waals surface area contributed by atoms with E-state index >= 15 is 0 Å². The summed E-state index contributed by atoms with van der Waals surface area (Å²) >= 11 is 0. The number of rotatable bonds is 1. The molecule has 16 heavy (non-hydrogen) atoms. The van der Waals surface area contributed by atoms with Gasteiger partial charge in [0.1, 0.15) is 11.6 Å². The van der Waals surface area contributed by atoms with Gasteiger partial charge in [-0.25, -0.2) is 4.98 Å². The van der Waals surface area contributed by atoms with E-state index in [4.69, 9.17) is 0 Å². The minimum absolute atomic E-state index is 0.288. The van der Waals surface area contributed by atoms with E-state index in [1.54, 1.807) is 12.1 Å². The monoisotopic (exact) mass is 215 g/mol. The van der Waals surface area contributed by atoms with E-state index in [0.29, 0.717) is 0 Å². The van der Waals surface area contributed by atoms with Crippen molar-refractivity contribution in [2.75, 3.05) is 6.54 Å². The molecule has 0 fully saturated rings. The summed E-state index contributed by atoms with van der Waals surface area (Å²) in [6.07, 6.45) is 1.91. The molecular weight excluding hydrogens is 202 g/mol. The number of nitrogens with zero attached hydrogens (tertiary/aromatic N) is 2. The van der Waals surface area contributed by atoms with Gasteiger partial charge < -0.3 is 15.0 Å². The van der Waals surface area contributed by atoms with Crippen molar-refractivity contribution in [2.45, 2.75) is 13.1 Å². The van der Waals surface area contributed by atoms with Gasteiger partial charge >= 0.3 is 0 Å². The highest BCUT2D eigenvalue weighted by molar-refractivity contribution is 5.57. The Labute approximate surface area is 93.6 Å². The Balaban J connectivity index is 2.06. The van der Waals surface area contributed by atoms with E-state index in [9.17, 15) is 5.11 Å². The van der Waals surface area contributed by atoms with Crippen LogP contribution in [0.5, 0.6) is 5.75 Å². The summed E-state index contributed by atoms with van der Waals surface area (Å²) in [5.41, 5.74) is 2.26. The van der Waals surface area contributed by atoms with Gasteiger partial charge in [-0.05, 0) is 24.3 Å². The largest absolute Gasteiger partial charge is 0.508 e. The third kappa shape index (κ3) is 1.47. The van der Waals surface area contributed by atoms with Crippen LogP contribution in [0, 0.1) is 0 Å². The first kappa shape index (κ1) is 9.42. The van der Waals surface area contributed by atoms with Crippen molar-refractivity contribution in [3.05, 3.63) is 36.2 Å². The van der Waals surface area contributed by atoms with E-state index in [-0.39, 0.29) is 5.75 Å². The topological polar surface area (TPSA) is 50.1 Å². The lowest BCUT2D eigenvalue weighted by molar-refractivity contribution is 0.475. The number of phenols is 1. The number of nitrogens with one attached hydrogen (secondary N) is 1. The molecule has 0 radical (unpaired) electrons. The number of fused-ring (bicyclic) bond motifs is 1. The Bertz CT molecular complexity index is 501. The smallest absolute Gasteiger partial charge is 0.140 e. The van der Waals surface area contributed by atoms with Crippen LogP contribution in [0.3, 0.4) is 0 Å². The standard InChI is InChI=1S/C12H13N3O/c16-11-3-1-9(2-4-11)12-14-8-10-7-13-5-6-15(10)12/h1-4,8,13,16H,5-7H2. The Kier molecular flexibility index (Phi) is 2.15. The first-order valence-corrected chi connectivity index (χ1v) is 5.39. The number of aromatic nitrogens is 2. The molecule has 0 unspecified atom stereocenters. The number of phenolic OH excluding ortho intramolecular Hbond substituents is 1. The average molecular weight is 215 g/mol. The van der Waals surface area contributed by atoms with Crippen molar-refractivity contribution in [3.8, 4) is 17.1 Å². The van der Waals surface area contributed by atoms with Gasteiger partial charge in [0.25, 0.3) is 0 Å². The van der Waals surface area contributed by atoms with Gasteiger partial charge in [0.2, 0.25) is 0 Å². The fraction of sp³-hybridized carbons (Fsp3) is 0.250. The number of imidazole rings is 1. The van der Waals surface area contributed by atoms with Crippen LogP contribution in [-0.4, -0.2) is 21.2 Å². The highest BCUT2D eigenvalue weighted by Crippen LogP contribution is 2.22. The summed E-state index contributed by atoms with van der Waals surface area (Å²) in [7, 11) is 0. The fourth-order valence-corrected chi connectivity index (χ4v) is 2.05. The van der Waals surface area contributed by atoms with Crippen LogP contribution in [0.15, 0.2) is 30.5 Å². The third-order valence-corrected chi connectivity index (χ3v) is 2.88. The SMILES string of the molecule is Oc1ccc(-c2ncc3n2CCNC3)cc1. The molecule has 0 aliphatic carbocycles. The molecule has 2 aromatic rings. The highest BCUT2D eigenvalue weighted by Gasteiger charge is 2.14. The van der Waals surface area contributed by atoms with E-state index in [0.717, 1.165) is 31.0 Å². The molecule has 0 atom stereocenters. The zero-order chi connectivity index (χ0) is 11.0. The second-order valence-electron chi connectivity index (χ2n) is 3.95. The maximum absolute atomic E-state index is 9.26. The van der Waals surface area contributed by atoms with Crippen LogP contribution < -0.4 is 5.32 Å². The maximum Gasteiger partial charge on any atom is 0.140 e. The molecule has 0 spiro atoms. The Morgan fingerprint density at radius 1 is 1.25 bits per heavy atom. The zero-order valence-corrected chi connectivity index (χ0v) is 8.85. The van der Waals surface area contributed by atoms with Gasteiger partial charge in [0, 0.05) is 25.2 Å². The molecule has 0 bridgehead atoms. The molecule has 0 amide bonds. The summed E-state index contributed by atoms with van der Waals surface area (Å²) < 4.78 is 2.23. The van der Waals surface area contributed by atoms with E-state index in [1.807, 2.05) is 18.3 Å². The summed E-state index contributed by atoms with van der Waals surface area (Å²) in [5, 5.41) is 12.6. The maximum atomic E-state index is 9.26. The van der Waals surface area contributed by atoms with Gasteiger partial charge in [0.05, 0.1) is 11.9 Å². The molecule has 1 aliphatic heterocycles. The van der Waals surface area contributed by atoms with Crippen LogP contribution in [0.1, 0.15) is 5.69 Å². The summed E-state index contributed by atoms with van der Waals surface area (Å²) in [6, 6.07) is 7.18. The normalized spacial score (nSPS) is 14.8. The molecule has 0 saturated heterocycles. The molecule has 1 aromatic carbocycles. The summed E-state index contributed by atoms with van der Waals surface area (Å²) in [4.78, 5) is 4.44. The lowest BCUT2D eigenvalue weighted by Gasteiger charge is -2.17. The molecule has 1 aliphatic rings. The van der Waals surface area contributed by atoms with Gasteiger partial charge in [-0.15, -0.1) is 0 Å². The Morgan fingerprint density at radius 2 is 2.06 bits per heavy atom. The molecule has 0 saturated carbocycles. The number of aromatic hydroxyl groups is 1. The van der Waals surface area contributed by atoms with Gasteiger partial charge in [-0.1, -0.05) is 0 Å². The van der Waals surface area contributed by atoms with Gasteiger partial charge in [-0.3, -0.25) is 0 Å². The van der Waals surface area contributed by atoms with E-state index < -0.39 is 0 Å². The minimum atomic E-state index is 0.288. The second-order valence-corrected chi connectivity index (χ2v) is 3.95. The quantitative estimate of drug-likeness (QED) is 0.755. The molecule has 82 valence electrons. The lowest BCUT2D eigenvalue weighted by atomic mass is 10.2. The highest BCUT2D eigenvalue weighted by atomic mass is 16.3. The van der Waals surface area contributed by atoms with Crippen LogP contribution in [-0.2, 0) is 13.1 Å². The van der Waals surface area contributed by atoms with Crippen LogP contribution in [0.4, 0.5) is 0 Å². The average Bonchev–Trinajstić information content (AvgIpc) is 2.74. The van der Waals surface area contributed by atoms with Crippen LogP contribution in [0.25, 0.3) is 11.4 Å². The molecule has 4 heteroatoms. The van der Waals surface area contributed by atoms with Gasteiger partial charge in [-0.2, -0.15) is 0 Å². The first-order chi connectivity index (χ1) is 7.84. The summed E-state index contributed by atoms with van der Waals surface area (Å²) in [6.45, 7) is 2.81. The minimum Gasteiger partial charge on any atom is -0.508 e. The van der Waals surface area contributed by atoms with E-state index in [1.165, 1.54) is 5.69 Å². The van der Waals surface area contributed by atoms with Crippen molar-refractivity contribution in [1.29, 1.82) is 0 Å². The first-order valence-electron chi connectivity index (χ1n) is 5.39. The Morgan fingerprint density at radius 3 is 2.88 bits per heavy atom. The predicted octanol–water partition coefficient (Wildman–Crippen LogP) is 1.36. The van der Waals surface area contributed by atoms with Crippen molar-refractivity contribution in [1.82, 2.24) is 14.9 Å². The summed E-state index contributed by atoms with van der Waals surface area (Å²) in [5.74, 6) is 1.27. The van der Waals surface area contributed by atoms with Crippen LogP contribution >= 0.6 is 0 Å². The zero-order valence-electron chi connectivity index (χ0n) is 8.85. The number of hydrogen-bond acceptors (Lipinski definition) is 3. The van der Waals surface area contributed by atoms with Crippen molar-refractivity contribution >= 4 is 0 Å². The predicted molar refractivity (Wildman–Crippen MR) is 61.0 cm³/mol. The van der Waals surface area contributed by atoms with Gasteiger partial charge in [0.15, 0.2) is 0 Å². The molecule has 2 N–H and O–H groups in total. The van der Waals surface area contributed by atoms with Crippen molar-refractivity contribution in [3.63, 3.8) is 0 Å². The van der Waals surface area contributed by atoms with Crippen molar-refractivity contribution in [2.24, 2.45) is 0 Å². The van der Waals surface area contributed by atoms with E-state index in [2.05, 4.69) is 14.9 Å². The second kappa shape index (κ2) is 3.64. The fourth-order valence-electron chi connectivity index (χ4n) is 2.05. The number of hydrogen-bond donors (Lipinski definition) is 2. The van der Waals surface area contributed by atoms with Crippen molar-refractivity contribution < 1.29 is 5.11 Å². The molecule has 4 nitrogen and oxygen atoms in total.